The molecule has 1 amide bonds. The van der Waals surface area contributed by atoms with E-state index in [2.05, 4.69) is 20.6 Å². The Labute approximate surface area is 149 Å². The van der Waals surface area contributed by atoms with E-state index in [-0.39, 0.29) is 5.91 Å². The Kier molecular flexibility index (Phi) is 4.26. The number of aromatic nitrogens is 5. The minimum atomic E-state index is -0.146. The van der Waals surface area contributed by atoms with Gasteiger partial charge in [-0.3, -0.25) is 9.36 Å². The van der Waals surface area contributed by atoms with E-state index in [1.807, 2.05) is 48.7 Å². The third-order valence-corrected chi connectivity index (χ3v) is 3.94. The van der Waals surface area contributed by atoms with Crippen LogP contribution in [0.4, 0.5) is 0 Å². The first kappa shape index (κ1) is 15.8. The molecule has 0 aliphatic rings. The Balaban J connectivity index is 1.43. The summed E-state index contributed by atoms with van der Waals surface area (Å²) in [5.74, 6) is -0.146. The topological polar surface area (TPSA) is 77.6 Å². The first-order valence-corrected chi connectivity index (χ1v) is 8.12. The van der Waals surface area contributed by atoms with E-state index in [1.165, 1.54) is 0 Å². The van der Waals surface area contributed by atoms with E-state index >= 15 is 0 Å². The summed E-state index contributed by atoms with van der Waals surface area (Å²) in [4.78, 5) is 12.4. The van der Waals surface area contributed by atoms with Crippen molar-refractivity contribution in [3.05, 3.63) is 90.8 Å². The van der Waals surface area contributed by atoms with Gasteiger partial charge >= 0.3 is 0 Å². The van der Waals surface area contributed by atoms with Crippen LogP contribution in [0.15, 0.2) is 79.6 Å². The maximum Gasteiger partial charge on any atom is 0.251 e. The highest BCUT2D eigenvalue weighted by Crippen LogP contribution is 2.11. The third kappa shape index (κ3) is 3.36. The monoisotopic (exact) mass is 344 g/mol. The van der Waals surface area contributed by atoms with Gasteiger partial charge in [-0.1, -0.05) is 24.3 Å². The van der Waals surface area contributed by atoms with E-state index in [0.717, 1.165) is 16.9 Å². The fourth-order valence-electron chi connectivity index (χ4n) is 2.60. The number of benzene rings is 2. The van der Waals surface area contributed by atoms with Gasteiger partial charge in [0, 0.05) is 29.6 Å². The standard InChI is InChI=1S/C19H16N6O/c26-19(16-5-4-8-18(9-16)24-13-21-22-14-24)20-10-15-11-23-25(12-15)17-6-2-1-3-7-17/h1-9,11-14H,10H2,(H,20,26). The molecule has 0 aliphatic heterocycles. The molecule has 0 spiro atoms. The zero-order valence-corrected chi connectivity index (χ0v) is 13.9. The lowest BCUT2D eigenvalue weighted by molar-refractivity contribution is 0.0951. The minimum absolute atomic E-state index is 0.146. The number of carbonyl (C=O) groups is 1. The molecule has 0 atom stereocenters. The molecule has 7 heteroatoms. The maximum atomic E-state index is 12.4. The Bertz CT molecular complexity index is 1010. The number of hydrogen-bond donors (Lipinski definition) is 1. The van der Waals surface area contributed by atoms with Crippen molar-refractivity contribution in [1.29, 1.82) is 0 Å². The number of rotatable bonds is 5. The normalized spacial score (nSPS) is 10.6. The van der Waals surface area contributed by atoms with Crippen LogP contribution in [0.3, 0.4) is 0 Å². The lowest BCUT2D eigenvalue weighted by Crippen LogP contribution is -2.22. The molecule has 4 aromatic rings. The van der Waals surface area contributed by atoms with E-state index in [1.54, 1.807) is 40.2 Å². The molecule has 0 fully saturated rings. The lowest BCUT2D eigenvalue weighted by atomic mass is 10.2. The van der Waals surface area contributed by atoms with Crippen molar-refractivity contribution in [2.24, 2.45) is 0 Å². The molecule has 26 heavy (non-hydrogen) atoms. The van der Waals surface area contributed by atoms with E-state index in [4.69, 9.17) is 0 Å². The van der Waals surface area contributed by atoms with Crippen molar-refractivity contribution >= 4 is 5.91 Å². The second-order valence-electron chi connectivity index (χ2n) is 5.73. The molecule has 0 bridgehead atoms. The van der Waals surface area contributed by atoms with Gasteiger partial charge < -0.3 is 5.32 Å². The summed E-state index contributed by atoms with van der Waals surface area (Å²) in [5.41, 5.74) is 3.31. The second-order valence-corrected chi connectivity index (χ2v) is 5.73. The zero-order valence-electron chi connectivity index (χ0n) is 13.9. The van der Waals surface area contributed by atoms with Crippen molar-refractivity contribution in [2.75, 3.05) is 0 Å². The number of para-hydroxylation sites is 1. The van der Waals surface area contributed by atoms with Crippen molar-refractivity contribution < 1.29 is 4.79 Å². The second kappa shape index (κ2) is 7.02. The van der Waals surface area contributed by atoms with Crippen molar-refractivity contribution in [1.82, 2.24) is 29.9 Å². The molecule has 2 aromatic carbocycles. The predicted octanol–water partition coefficient (Wildman–Crippen LogP) is 2.38. The average Bonchev–Trinajstić information content (AvgIpc) is 3.39. The zero-order chi connectivity index (χ0) is 17.8. The van der Waals surface area contributed by atoms with Gasteiger partial charge in [0.2, 0.25) is 0 Å². The fourth-order valence-corrected chi connectivity index (χ4v) is 2.60. The smallest absolute Gasteiger partial charge is 0.251 e. The Morgan fingerprint density at radius 3 is 2.54 bits per heavy atom. The number of amides is 1. The van der Waals surface area contributed by atoms with Gasteiger partial charge in [0.1, 0.15) is 12.7 Å². The van der Waals surface area contributed by atoms with Crippen LogP contribution >= 0.6 is 0 Å². The summed E-state index contributed by atoms with van der Waals surface area (Å²) in [6.45, 7) is 0.405. The Hall–Kier alpha value is -3.74. The third-order valence-electron chi connectivity index (χ3n) is 3.94. The Morgan fingerprint density at radius 1 is 0.962 bits per heavy atom. The van der Waals surface area contributed by atoms with Gasteiger partial charge in [-0.05, 0) is 30.3 Å². The molecule has 2 aromatic heterocycles. The van der Waals surface area contributed by atoms with E-state index in [9.17, 15) is 4.79 Å². The fraction of sp³-hybridized carbons (Fsp3) is 0.0526. The number of nitrogens with one attached hydrogen (secondary N) is 1. The van der Waals surface area contributed by atoms with Gasteiger partial charge in [0.05, 0.1) is 11.9 Å². The lowest BCUT2D eigenvalue weighted by Gasteiger charge is -2.06. The quantitative estimate of drug-likeness (QED) is 0.603. The summed E-state index contributed by atoms with van der Waals surface area (Å²) in [6.07, 6.45) is 6.84. The van der Waals surface area contributed by atoms with Crippen molar-refractivity contribution in [3.8, 4) is 11.4 Å². The van der Waals surface area contributed by atoms with Gasteiger partial charge in [0.25, 0.3) is 5.91 Å². The predicted molar refractivity (Wildman–Crippen MR) is 96.1 cm³/mol. The molecule has 7 nitrogen and oxygen atoms in total. The molecule has 0 aliphatic carbocycles. The number of nitrogens with zero attached hydrogens (tertiary/aromatic N) is 5. The van der Waals surface area contributed by atoms with Crippen LogP contribution in [0, 0.1) is 0 Å². The Morgan fingerprint density at radius 2 is 1.73 bits per heavy atom. The van der Waals surface area contributed by atoms with Gasteiger partial charge in [0.15, 0.2) is 0 Å². The van der Waals surface area contributed by atoms with Crippen LogP contribution in [0.5, 0.6) is 0 Å². The van der Waals surface area contributed by atoms with E-state index < -0.39 is 0 Å². The SMILES string of the molecule is O=C(NCc1cnn(-c2ccccc2)c1)c1cccc(-n2cnnc2)c1. The summed E-state index contributed by atoms with van der Waals surface area (Å²) in [6, 6.07) is 17.1. The molecule has 0 radical (unpaired) electrons. The highest BCUT2D eigenvalue weighted by molar-refractivity contribution is 5.94. The van der Waals surface area contributed by atoms with E-state index in [0.29, 0.717) is 12.1 Å². The van der Waals surface area contributed by atoms with Crippen molar-refractivity contribution in [2.45, 2.75) is 6.54 Å². The maximum absolute atomic E-state index is 12.4. The molecule has 0 saturated carbocycles. The summed E-state index contributed by atoms with van der Waals surface area (Å²) < 4.78 is 3.54. The molecule has 0 saturated heterocycles. The average molecular weight is 344 g/mol. The molecule has 0 unspecified atom stereocenters. The number of carbonyl (C=O) groups excluding carboxylic acids is 1. The first-order chi connectivity index (χ1) is 12.8. The van der Waals surface area contributed by atoms with Gasteiger partial charge in [-0.15, -0.1) is 10.2 Å². The van der Waals surface area contributed by atoms with Crippen LogP contribution in [0.25, 0.3) is 11.4 Å². The molecule has 2 heterocycles. The summed E-state index contributed by atoms with van der Waals surface area (Å²) >= 11 is 0. The first-order valence-electron chi connectivity index (χ1n) is 8.12. The molecule has 128 valence electrons. The minimum Gasteiger partial charge on any atom is -0.348 e. The molecule has 1 N–H and O–H groups in total. The van der Waals surface area contributed by atoms with Crippen LogP contribution in [-0.4, -0.2) is 30.5 Å². The van der Waals surface area contributed by atoms with Crippen molar-refractivity contribution in [3.63, 3.8) is 0 Å². The van der Waals surface area contributed by atoms with Gasteiger partial charge in [-0.2, -0.15) is 5.10 Å². The van der Waals surface area contributed by atoms with Crippen LogP contribution in [-0.2, 0) is 6.54 Å². The van der Waals surface area contributed by atoms with Crippen LogP contribution < -0.4 is 5.32 Å². The largest absolute Gasteiger partial charge is 0.348 e. The highest BCUT2D eigenvalue weighted by Gasteiger charge is 2.08. The number of hydrogen-bond acceptors (Lipinski definition) is 4. The molecular weight excluding hydrogens is 328 g/mol. The van der Waals surface area contributed by atoms with Crippen LogP contribution in [0.2, 0.25) is 0 Å². The molecule has 4 rings (SSSR count). The molecular formula is C19H16N6O. The van der Waals surface area contributed by atoms with Gasteiger partial charge in [-0.25, -0.2) is 4.68 Å². The highest BCUT2D eigenvalue weighted by atomic mass is 16.1. The van der Waals surface area contributed by atoms with Crippen LogP contribution in [0.1, 0.15) is 15.9 Å². The summed E-state index contributed by atoms with van der Waals surface area (Å²) in [5, 5.41) is 14.8. The summed E-state index contributed by atoms with van der Waals surface area (Å²) in [7, 11) is 0.